The zero-order valence-corrected chi connectivity index (χ0v) is 11.2. The molecule has 0 fully saturated rings. The Balaban J connectivity index is 1.75. The van der Waals surface area contributed by atoms with Gasteiger partial charge in [-0.05, 0) is 29.8 Å². The van der Waals surface area contributed by atoms with Gasteiger partial charge < -0.3 is 10.1 Å². The molecule has 1 N–H and O–H groups in total. The van der Waals surface area contributed by atoms with Gasteiger partial charge in [0, 0.05) is 42.0 Å². The number of hydrogen-bond acceptors (Lipinski definition) is 3. The van der Waals surface area contributed by atoms with E-state index in [9.17, 15) is 0 Å². The van der Waals surface area contributed by atoms with Crippen molar-refractivity contribution < 1.29 is 4.74 Å². The van der Waals surface area contributed by atoms with Crippen molar-refractivity contribution in [2.75, 3.05) is 6.61 Å². The summed E-state index contributed by atoms with van der Waals surface area (Å²) in [6.07, 6.45) is 4.62. The molecule has 1 aromatic heterocycles. The number of halogens is 1. The van der Waals surface area contributed by atoms with Crippen LogP contribution in [0.3, 0.4) is 0 Å². The molecular formula is C15H15ClN2O. The highest BCUT2D eigenvalue weighted by Gasteiger charge is 2.21. The maximum atomic E-state index is 6.07. The third-order valence-electron chi connectivity index (χ3n) is 3.29. The Bertz CT molecular complexity index is 559. The maximum absolute atomic E-state index is 6.07. The fourth-order valence-corrected chi connectivity index (χ4v) is 2.50. The van der Waals surface area contributed by atoms with E-state index in [-0.39, 0.29) is 6.04 Å². The smallest absolute Gasteiger partial charge is 0.124 e. The minimum atomic E-state index is 0.280. The van der Waals surface area contributed by atoms with E-state index >= 15 is 0 Å². The average molecular weight is 275 g/mol. The largest absolute Gasteiger partial charge is 0.493 e. The number of nitrogens with one attached hydrogen (secondary N) is 1. The first kappa shape index (κ1) is 12.5. The van der Waals surface area contributed by atoms with Crippen LogP contribution in [0.15, 0.2) is 42.7 Å². The van der Waals surface area contributed by atoms with Crippen molar-refractivity contribution in [2.24, 2.45) is 0 Å². The molecule has 0 saturated carbocycles. The van der Waals surface area contributed by atoms with Crippen molar-refractivity contribution in [3.8, 4) is 5.75 Å². The standard InChI is InChI=1S/C15H15ClN2O/c16-12-3-4-15-13(8-12)14(5-7-19-15)18-10-11-2-1-6-17-9-11/h1-4,6,8-9,14,18H,5,7,10H2. The minimum Gasteiger partial charge on any atom is -0.493 e. The third-order valence-corrected chi connectivity index (χ3v) is 3.52. The molecule has 98 valence electrons. The van der Waals surface area contributed by atoms with E-state index in [1.807, 2.05) is 30.5 Å². The van der Waals surface area contributed by atoms with Crippen molar-refractivity contribution in [2.45, 2.75) is 19.0 Å². The summed E-state index contributed by atoms with van der Waals surface area (Å²) in [6, 6.07) is 10.1. The molecule has 0 saturated heterocycles. The van der Waals surface area contributed by atoms with Crippen LogP contribution < -0.4 is 10.1 Å². The third kappa shape index (κ3) is 2.88. The van der Waals surface area contributed by atoms with E-state index in [2.05, 4.69) is 16.4 Å². The minimum absolute atomic E-state index is 0.280. The molecule has 1 aliphatic heterocycles. The van der Waals surface area contributed by atoms with Crippen LogP contribution in [-0.4, -0.2) is 11.6 Å². The van der Waals surface area contributed by atoms with Crippen LogP contribution >= 0.6 is 11.6 Å². The first-order valence-electron chi connectivity index (χ1n) is 6.37. The van der Waals surface area contributed by atoms with E-state index in [1.165, 1.54) is 5.56 Å². The predicted octanol–water partition coefficient (Wildman–Crippen LogP) is 3.35. The SMILES string of the molecule is Clc1ccc2c(c1)C(NCc1cccnc1)CCO2. The number of hydrogen-bond donors (Lipinski definition) is 1. The second-order valence-corrected chi connectivity index (χ2v) is 5.05. The fourth-order valence-electron chi connectivity index (χ4n) is 2.32. The number of ether oxygens (including phenoxy) is 1. The van der Waals surface area contributed by atoms with Gasteiger partial charge in [0.1, 0.15) is 5.75 Å². The number of benzene rings is 1. The van der Waals surface area contributed by atoms with Gasteiger partial charge >= 0.3 is 0 Å². The summed E-state index contributed by atoms with van der Waals surface area (Å²) in [7, 11) is 0. The average Bonchev–Trinajstić information content (AvgIpc) is 2.46. The molecule has 0 radical (unpaired) electrons. The zero-order chi connectivity index (χ0) is 13.1. The van der Waals surface area contributed by atoms with Crippen molar-refractivity contribution in [1.82, 2.24) is 10.3 Å². The topological polar surface area (TPSA) is 34.2 Å². The van der Waals surface area contributed by atoms with Gasteiger partial charge in [0.05, 0.1) is 6.61 Å². The van der Waals surface area contributed by atoms with E-state index in [1.54, 1.807) is 6.20 Å². The first-order chi connectivity index (χ1) is 9.33. The second-order valence-electron chi connectivity index (χ2n) is 4.61. The zero-order valence-electron chi connectivity index (χ0n) is 10.5. The molecule has 1 aromatic carbocycles. The molecule has 1 atom stereocenters. The molecule has 0 aliphatic carbocycles. The number of pyridine rings is 1. The van der Waals surface area contributed by atoms with Gasteiger partial charge in [0.15, 0.2) is 0 Å². The molecule has 2 heterocycles. The summed E-state index contributed by atoms with van der Waals surface area (Å²) in [5, 5.41) is 4.29. The predicted molar refractivity (Wildman–Crippen MR) is 75.4 cm³/mol. The van der Waals surface area contributed by atoms with Crippen LogP contribution in [-0.2, 0) is 6.54 Å². The molecular weight excluding hydrogens is 260 g/mol. The van der Waals surface area contributed by atoms with E-state index in [0.29, 0.717) is 0 Å². The molecule has 3 rings (SSSR count). The van der Waals surface area contributed by atoms with E-state index in [4.69, 9.17) is 16.3 Å². The highest BCUT2D eigenvalue weighted by atomic mass is 35.5. The van der Waals surface area contributed by atoms with Gasteiger partial charge in [-0.1, -0.05) is 17.7 Å². The molecule has 0 spiro atoms. The van der Waals surface area contributed by atoms with Gasteiger partial charge in [0.2, 0.25) is 0 Å². The summed E-state index contributed by atoms with van der Waals surface area (Å²) in [5.41, 5.74) is 2.32. The lowest BCUT2D eigenvalue weighted by atomic mass is 10.0. The monoisotopic (exact) mass is 274 g/mol. The van der Waals surface area contributed by atoms with Crippen molar-refractivity contribution >= 4 is 11.6 Å². The Morgan fingerprint density at radius 3 is 3.16 bits per heavy atom. The van der Waals surface area contributed by atoms with Crippen molar-refractivity contribution in [3.63, 3.8) is 0 Å². The van der Waals surface area contributed by atoms with Gasteiger partial charge in [-0.15, -0.1) is 0 Å². The first-order valence-corrected chi connectivity index (χ1v) is 6.75. The summed E-state index contributed by atoms with van der Waals surface area (Å²) in [5.74, 6) is 0.930. The van der Waals surface area contributed by atoms with Crippen LogP contribution in [0.25, 0.3) is 0 Å². The highest BCUT2D eigenvalue weighted by molar-refractivity contribution is 6.30. The van der Waals surface area contributed by atoms with Gasteiger partial charge in [-0.3, -0.25) is 4.98 Å². The van der Waals surface area contributed by atoms with Crippen molar-refractivity contribution in [3.05, 3.63) is 58.9 Å². The highest BCUT2D eigenvalue weighted by Crippen LogP contribution is 2.34. The summed E-state index contributed by atoms with van der Waals surface area (Å²) >= 11 is 6.07. The van der Waals surface area contributed by atoms with Crippen LogP contribution in [0.1, 0.15) is 23.6 Å². The maximum Gasteiger partial charge on any atom is 0.124 e. The van der Waals surface area contributed by atoms with Gasteiger partial charge in [-0.25, -0.2) is 0 Å². The van der Waals surface area contributed by atoms with Crippen LogP contribution in [0.5, 0.6) is 5.75 Å². The molecule has 1 unspecified atom stereocenters. The number of nitrogens with zero attached hydrogens (tertiary/aromatic N) is 1. The molecule has 1 aliphatic rings. The van der Waals surface area contributed by atoms with Crippen molar-refractivity contribution in [1.29, 1.82) is 0 Å². The molecule has 4 heteroatoms. The quantitative estimate of drug-likeness (QED) is 0.932. The Hall–Kier alpha value is -1.58. The Morgan fingerprint density at radius 1 is 1.37 bits per heavy atom. The fraction of sp³-hybridized carbons (Fsp3) is 0.267. The van der Waals surface area contributed by atoms with Crippen LogP contribution in [0, 0.1) is 0 Å². The summed E-state index contributed by atoms with van der Waals surface area (Å²) in [6.45, 7) is 1.53. The molecule has 0 bridgehead atoms. The van der Waals surface area contributed by atoms with Gasteiger partial charge in [0.25, 0.3) is 0 Å². The Morgan fingerprint density at radius 2 is 2.32 bits per heavy atom. The molecule has 2 aromatic rings. The van der Waals surface area contributed by atoms with Gasteiger partial charge in [-0.2, -0.15) is 0 Å². The summed E-state index contributed by atoms with van der Waals surface area (Å²) in [4.78, 5) is 4.12. The summed E-state index contributed by atoms with van der Waals surface area (Å²) < 4.78 is 5.65. The lowest BCUT2D eigenvalue weighted by Crippen LogP contribution is -2.26. The molecule has 3 nitrogen and oxygen atoms in total. The Kier molecular flexibility index (Phi) is 3.67. The Labute approximate surface area is 117 Å². The second kappa shape index (κ2) is 5.59. The van der Waals surface area contributed by atoms with E-state index in [0.717, 1.165) is 35.9 Å². The normalized spacial score (nSPS) is 17.6. The molecule has 19 heavy (non-hydrogen) atoms. The lowest BCUT2D eigenvalue weighted by Gasteiger charge is -2.27. The molecule has 0 amide bonds. The lowest BCUT2D eigenvalue weighted by molar-refractivity contribution is 0.252. The number of fused-ring (bicyclic) bond motifs is 1. The van der Waals surface area contributed by atoms with Crippen LogP contribution in [0.4, 0.5) is 0 Å². The number of aromatic nitrogens is 1. The van der Waals surface area contributed by atoms with Crippen LogP contribution in [0.2, 0.25) is 5.02 Å². The van der Waals surface area contributed by atoms with E-state index < -0.39 is 0 Å². The number of rotatable bonds is 3.